The number of likely N-dealkylation sites (tertiary alicyclic amines) is 1. The van der Waals surface area contributed by atoms with Crippen LogP contribution in [-0.2, 0) is 4.74 Å². The highest BCUT2D eigenvalue weighted by atomic mass is 32.2. The predicted molar refractivity (Wildman–Crippen MR) is 80.9 cm³/mol. The van der Waals surface area contributed by atoms with Crippen molar-refractivity contribution in [3.8, 4) is 0 Å². The second-order valence-corrected chi connectivity index (χ2v) is 7.10. The van der Waals surface area contributed by atoms with Crippen LogP contribution in [0.1, 0.15) is 27.2 Å². The summed E-state index contributed by atoms with van der Waals surface area (Å²) in [6.07, 6.45) is 2.66. The molecule has 1 aliphatic heterocycles. The maximum Gasteiger partial charge on any atom is 0.410 e. The lowest BCUT2D eigenvalue weighted by molar-refractivity contribution is 0.0289. The van der Waals surface area contributed by atoms with Gasteiger partial charge >= 0.3 is 6.09 Å². The van der Waals surface area contributed by atoms with Gasteiger partial charge in [-0.25, -0.2) is 9.78 Å². The highest BCUT2D eigenvalue weighted by Crippen LogP contribution is 2.25. The number of rotatable bonds is 3. The number of aromatic nitrogens is 1. The zero-order valence-corrected chi connectivity index (χ0v) is 13.2. The molecule has 1 aromatic heterocycles. The number of carbonyl (C=O) groups excluding carboxylic acids is 1. The van der Waals surface area contributed by atoms with Crippen molar-refractivity contribution in [1.29, 1.82) is 0 Å². The van der Waals surface area contributed by atoms with E-state index in [0.29, 0.717) is 5.92 Å². The van der Waals surface area contributed by atoms with E-state index in [2.05, 4.69) is 4.98 Å². The Labute approximate surface area is 124 Å². The van der Waals surface area contributed by atoms with Crippen LogP contribution in [0.4, 0.5) is 4.79 Å². The molecule has 1 amide bonds. The second-order valence-electron chi connectivity index (χ2n) is 6.06. The molecule has 0 radical (unpaired) electrons. The molecule has 1 aliphatic rings. The smallest absolute Gasteiger partial charge is 0.410 e. The van der Waals surface area contributed by atoms with Crippen LogP contribution >= 0.6 is 11.8 Å². The molecular formula is C15H22N2O2S. The molecule has 110 valence electrons. The molecule has 2 rings (SSSR count). The Morgan fingerprint density at radius 3 is 2.95 bits per heavy atom. The largest absolute Gasteiger partial charge is 0.444 e. The molecule has 1 aromatic rings. The van der Waals surface area contributed by atoms with Crippen LogP contribution in [0.15, 0.2) is 29.4 Å². The van der Waals surface area contributed by atoms with Crippen LogP contribution in [0.3, 0.4) is 0 Å². The molecule has 20 heavy (non-hydrogen) atoms. The summed E-state index contributed by atoms with van der Waals surface area (Å²) in [6, 6.07) is 5.94. The van der Waals surface area contributed by atoms with Gasteiger partial charge in [0.15, 0.2) is 0 Å². The maximum atomic E-state index is 12.0. The molecule has 1 atom stereocenters. The SMILES string of the molecule is CC(C)(C)OC(=O)N1CC[C@@H](CSc2ccccn2)C1. The van der Waals surface area contributed by atoms with Gasteiger partial charge in [-0.1, -0.05) is 6.07 Å². The third-order valence-electron chi connectivity index (χ3n) is 3.04. The average Bonchev–Trinajstić information content (AvgIpc) is 2.84. The third kappa shape index (κ3) is 4.71. The first-order valence-corrected chi connectivity index (χ1v) is 7.94. The minimum atomic E-state index is -0.419. The Morgan fingerprint density at radius 2 is 2.30 bits per heavy atom. The number of thioether (sulfide) groups is 1. The molecule has 0 bridgehead atoms. The van der Waals surface area contributed by atoms with Crippen molar-refractivity contribution in [3.63, 3.8) is 0 Å². The van der Waals surface area contributed by atoms with Crippen LogP contribution in [0, 0.1) is 5.92 Å². The highest BCUT2D eigenvalue weighted by molar-refractivity contribution is 7.99. The van der Waals surface area contributed by atoms with Crippen molar-refractivity contribution in [2.45, 2.75) is 37.8 Å². The monoisotopic (exact) mass is 294 g/mol. The normalized spacial score (nSPS) is 19.1. The van der Waals surface area contributed by atoms with E-state index in [0.717, 1.165) is 30.3 Å². The fraction of sp³-hybridized carbons (Fsp3) is 0.600. The summed E-state index contributed by atoms with van der Waals surface area (Å²) in [6.45, 7) is 7.28. The van der Waals surface area contributed by atoms with Crippen molar-refractivity contribution in [2.24, 2.45) is 5.92 Å². The van der Waals surface area contributed by atoms with Crippen LogP contribution in [0.25, 0.3) is 0 Å². The van der Waals surface area contributed by atoms with Gasteiger partial charge in [-0.2, -0.15) is 0 Å². The van der Waals surface area contributed by atoms with E-state index >= 15 is 0 Å². The summed E-state index contributed by atoms with van der Waals surface area (Å²) in [4.78, 5) is 18.1. The molecule has 1 fully saturated rings. The van der Waals surface area contributed by atoms with Crippen molar-refractivity contribution >= 4 is 17.9 Å². The van der Waals surface area contributed by atoms with E-state index in [4.69, 9.17) is 4.74 Å². The number of nitrogens with zero attached hydrogens (tertiary/aromatic N) is 2. The summed E-state index contributed by atoms with van der Waals surface area (Å²) < 4.78 is 5.40. The van der Waals surface area contributed by atoms with Crippen LogP contribution in [0.2, 0.25) is 0 Å². The van der Waals surface area contributed by atoms with Crippen molar-refractivity contribution < 1.29 is 9.53 Å². The molecule has 0 aliphatic carbocycles. The van der Waals surface area contributed by atoms with Crippen molar-refractivity contribution in [1.82, 2.24) is 9.88 Å². The standard InChI is InChI=1S/C15H22N2O2S/c1-15(2,3)19-14(18)17-9-7-12(10-17)11-20-13-6-4-5-8-16-13/h4-6,8,12H,7,9-11H2,1-3H3/t12-/m1/s1. The topological polar surface area (TPSA) is 42.4 Å². The molecule has 0 aromatic carbocycles. The molecule has 2 heterocycles. The van der Waals surface area contributed by atoms with Gasteiger partial charge in [0.2, 0.25) is 0 Å². The van der Waals surface area contributed by atoms with Crippen molar-refractivity contribution in [3.05, 3.63) is 24.4 Å². The Balaban J connectivity index is 1.76. The Kier molecular flexibility index (Phi) is 4.91. The predicted octanol–water partition coefficient (Wildman–Crippen LogP) is 3.43. The zero-order chi connectivity index (χ0) is 14.6. The highest BCUT2D eigenvalue weighted by Gasteiger charge is 2.29. The van der Waals surface area contributed by atoms with Gasteiger partial charge in [-0.3, -0.25) is 0 Å². The molecule has 5 heteroatoms. The number of pyridine rings is 1. The lowest BCUT2D eigenvalue weighted by Gasteiger charge is -2.24. The van der Waals surface area contributed by atoms with Gasteiger partial charge in [0.05, 0.1) is 5.03 Å². The molecule has 0 N–H and O–H groups in total. The van der Waals surface area contributed by atoms with Gasteiger partial charge in [0.1, 0.15) is 5.60 Å². The third-order valence-corrected chi connectivity index (χ3v) is 4.22. The maximum absolute atomic E-state index is 12.0. The first-order chi connectivity index (χ1) is 9.44. The minimum Gasteiger partial charge on any atom is -0.444 e. The van der Waals surface area contributed by atoms with Gasteiger partial charge in [0.25, 0.3) is 0 Å². The first kappa shape index (κ1) is 15.2. The molecule has 0 spiro atoms. The van der Waals surface area contributed by atoms with Crippen LogP contribution < -0.4 is 0 Å². The molecule has 0 unspecified atom stereocenters. The summed E-state index contributed by atoms with van der Waals surface area (Å²) in [5.74, 6) is 1.52. The van der Waals surface area contributed by atoms with E-state index in [1.807, 2.05) is 50.1 Å². The second kappa shape index (κ2) is 6.48. The van der Waals surface area contributed by atoms with E-state index in [1.165, 1.54) is 0 Å². The molecular weight excluding hydrogens is 272 g/mol. The van der Waals surface area contributed by atoms with E-state index < -0.39 is 5.60 Å². The van der Waals surface area contributed by atoms with Gasteiger partial charge in [-0.15, -0.1) is 11.8 Å². The molecule has 0 saturated carbocycles. The lowest BCUT2D eigenvalue weighted by Crippen LogP contribution is -2.35. The number of hydrogen-bond acceptors (Lipinski definition) is 4. The Morgan fingerprint density at radius 1 is 1.50 bits per heavy atom. The van der Waals surface area contributed by atoms with Gasteiger partial charge < -0.3 is 9.64 Å². The fourth-order valence-electron chi connectivity index (χ4n) is 2.10. The summed E-state index contributed by atoms with van der Waals surface area (Å²) in [7, 11) is 0. The number of carbonyl (C=O) groups is 1. The number of ether oxygens (including phenoxy) is 1. The fourth-order valence-corrected chi connectivity index (χ4v) is 3.09. The van der Waals surface area contributed by atoms with Gasteiger partial charge in [-0.05, 0) is 45.2 Å². The minimum absolute atomic E-state index is 0.192. The first-order valence-electron chi connectivity index (χ1n) is 6.96. The number of amides is 1. The average molecular weight is 294 g/mol. The van der Waals surface area contributed by atoms with E-state index in [-0.39, 0.29) is 6.09 Å². The Bertz CT molecular complexity index is 445. The summed E-state index contributed by atoms with van der Waals surface area (Å²) in [5.41, 5.74) is -0.419. The number of hydrogen-bond donors (Lipinski definition) is 0. The van der Waals surface area contributed by atoms with E-state index in [1.54, 1.807) is 11.8 Å². The zero-order valence-electron chi connectivity index (χ0n) is 12.3. The van der Waals surface area contributed by atoms with Gasteiger partial charge in [0, 0.05) is 25.0 Å². The van der Waals surface area contributed by atoms with Crippen molar-refractivity contribution in [2.75, 3.05) is 18.8 Å². The Hall–Kier alpha value is -1.23. The molecule has 1 saturated heterocycles. The van der Waals surface area contributed by atoms with Crippen LogP contribution in [-0.4, -0.2) is 40.4 Å². The van der Waals surface area contributed by atoms with Crippen LogP contribution in [0.5, 0.6) is 0 Å². The summed E-state index contributed by atoms with van der Waals surface area (Å²) >= 11 is 1.75. The molecule has 4 nitrogen and oxygen atoms in total. The van der Waals surface area contributed by atoms with E-state index in [9.17, 15) is 4.79 Å². The summed E-state index contributed by atoms with van der Waals surface area (Å²) in [5, 5.41) is 1.04. The quantitative estimate of drug-likeness (QED) is 0.801. The lowest BCUT2D eigenvalue weighted by atomic mass is 10.2.